The molecule has 0 aliphatic carbocycles. The Morgan fingerprint density at radius 1 is 1.40 bits per heavy atom. The molecule has 1 aromatic heterocycles. The Labute approximate surface area is 83.7 Å². The van der Waals surface area contributed by atoms with Crippen molar-refractivity contribution in [1.82, 2.24) is 9.97 Å². The fourth-order valence-corrected chi connectivity index (χ4v) is 1.29. The molecular weight excluding hydrogens is 202 g/mol. The molecule has 1 aliphatic heterocycles. The van der Waals surface area contributed by atoms with E-state index in [1.165, 1.54) is 0 Å². The van der Waals surface area contributed by atoms with Gasteiger partial charge in [-0.1, -0.05) is 0 Å². The van der Waals surface area contributed by atoms with Crippen LogP contribution in [-0.4, -0.2) is 34.3 Å². The van der Waals surface area contributed by atoms with E-state index in [9.17, 15) is 9.59 Å². The lowest BCUT2D eigenvalue weighted by Crippen LogP contribution is -2.29. The summed E-state index contributed by atoms with van der Waals surface area (Å²) >= 11 is 0. The molecule has 0 saturated heterocycles. The quantitative estimate of drug-likeness (QED) is 0.435. The summed E-state index contributed by atoms with van der Waals surface area (Å²) in [5, 5.41) is 16.2. The maximum Gasteiger partial charge on any atom is 0.411 e. The normalized spacial score (nSPS) is 13.3. The van der Waals surface area contributed by atoms with E-state index in [2.05, 4.69) is 20.6 Å². The first-order valence-electron chi connectivity index (χ1n) is 4.29. The Balaban J connectivity index is 2.40. The number of rotatable bonds is 1. The van der Waals surface area contributed by atoms with Gasteiger partial charge in [0.25, 0.3) is 5.56 Å². The van der Waals surface area contributed by atoms with Crippen molar-refractivity contribution in [1.29, 1.82) is 0 Å². The Morgan fingerprint density at radius 3 is 2.87 bits per heavy atom. The monoisotopic (exact) mass is 211 g/mol. The highest BCUT2D eigenvalue weighted by Gasteiger charge is 2.14. The molecule has 2 heterocycles. The van der Waals surface area contributed by atoms with Crippen LogP contribution in [0.1, 0.15) is 0 Å². The van der Waals surface area contributed by atoms with E-state index >= 15 is 0 Å². The maximum atomic E-state index is 11.4. The predicted molar refractivity (Wildman–Crippen MR) is 53.5 cm³/mol. The first-order valence-corrected chi connectivity index (χ1v) is 4.29. The minimum atomic E-state index is -1.28. The number of carboxylic acid groups (broad SMARTS) is 1. The number of hydrogen-bond donors (Lipinski definition) is 5. The van der Waals surface area contributed by atoms with Crippen molar-refractivity contribution in [3.8, 4) is 0 Å². The highest BCUT2D eigenvalue weighted by atomic mass is 16.4. The highest BCUT2D eigenvalue weighted by molar-refractivity contribution is 5.81. The number of amides is 1. The third-order valence-corrected chi connectivity index (χ3v) is 1.86. The molecule has 1 aliphatic rings. The van der Waals surface area contributed by atoms with E-state index < -0.39 is 11.7 Å². The Kier molecular flexibility index (Phi) is 2.16. The van der Waals surface area contributed by atoms with Crippen LogP contribution in [0.25, 0.3) is 0 Å². The van der Waals surface area contributed by atoms with Crippen LogP contribution in [0.2, 0.25) is 0 Å². The Hall–Kier alpha value is -2.25. The summed E-state index contributed by atoms with van der Waals surface area (Å²) < 4.78 is 0. The fourth-order valence-electron chi connectivity index (χ4n) is 1.29. The second kappa shape index (κ2) is 3.48. The van der Waals surface area contributed by atoms with Crippen molar-refractivity contribution < 1.29 is 9.90 Å². The zero-order valence-corrected chi connectivity index (χ0v) is 7.63. The number of hydrogen-bond acceptors (Lipinski definition) is 5. The van der Waals surface area contributed by atoms with Crippen LogP contribution in [0, 0.1) is 0 Å². The zero-order valence-electron chi connectivity index (χ0n) is 7.63. The second-order valence-corrected chi connectivity index (χ2v) is 2.92. The summed E-state index contributed by atoms with van der Waals surface area (Å²) in [4.78, 5) is 28.0. The van der Waals surface area contributed by atoms with Crippen molar-refractivity contribution in [2.24, 2.45) is 0 Å². The van der Waals surface area contributed by atoms with Gasteiger partial charge in [0.05, 0.1) is 0 Å². The van der Waals surface area contributed by atoms with Gasteiger partial charge >= 0.3 is 6.09 Å². The molecule has 0 atom stereocenters. The van der Waals surface area contributed by atoms with Crippen LogP contribution in [0.4, 0.5) is 22.2 Å². The summed E-state index contributed by atoms with van der Waals surface area (Å²) in [5.41, 5.74) is -0.0758. The van der Waals surface area contributed by atoms with Crippen LogP contribution >= 0.6 is 0 Å². The van der Waals surface area contributed by atoms with Crippen molar-refractivity contribution in [3.05, 3.63) is 10.4 Å². The van der Waals surface area contributed by atoms with Gasteiger partial charge in [0.15, 0.2) is 5.82 Å². The van der Waals surface area contributed by atoms with Gasteiger partial charge in [0, 0.05) is 13.1 Å². The van der Waals surface area contributed by atoms with Crippen molar-refractivity contribution >= 4 is 23.5 Å². The molecule has 0 spiro atoms. The average molecular weight is 211 g/mol. The summed E-state index contributed by atoms with van der Waals surface area (Å²) in [6.45, 7) is 1.26. The number of nitrogens with one attached hydrogen (secondary N) is 4. The van der Waals surface area contributed by atoms with Gasteiger partial charge in [-0.05, 0) is 0 Å². The third-order valence-electron chi connectivity index (χ3n) is 1.86. The van der Waals surface area contributed by atoms with E-state index in [-0.39, 0.29) is 5.95 Å². The summed E-state index contributed by atoms with van der Waals surface area (Å²) in [6.07, 6.45) is -1.28. The van der Waals surface area contributed by atoms with Gasteiger partial charge in [-0.3, -0.25) is 15.1 Å². The van der Waals surface area contributed by atoms with Crippen LogP contribution in [0.3, 0.4) is 0 Å². The first-order chi connectivity index (χ1) is 7.16. The first kappa shape index (κ1) is 9.31. The van der Waals surface area contributed by atoms with Gasteiger partial charge in [-0.15, -0.1) is 0 Å². The van der Waals surface area contributed by atoms with Crippen LogP contribution in [0.15, 0.2) is 4.79 Å². The minimum Gasteiger partial charge on any atom is -0.465 e. The van der Waals surface area contributed by atoms with Crippen LogP contribution < -0.4 is 21.5 Å². The largest absolute Gasteiger partial charge is 0.465 e. The predicted octanol–water partition coefficient (Wildman–Crippen LogP) is -0.303. The molecule has 0 fully saturated rings. The van der Waals surface area contributed by atoms with Crippen molar-refractivity contribution in [3.63, 3.8) is 0 Å². The molecular formula is C7H9N5O3. The lowest BCUT2D eigenvalue weighted by atomic mass is 10.3. The minimum absolute atomic E-state index is 0.0950. The Bertz CT molecular complexity index is 454. The fraction of sp³-hybridized carbons (Fsp3) is 0.286. The summed E-state index contributed by atoms with van der Waals surface area (Å²) in [7, 11) is 0. The molecule has 8 nitrogen and oxygen atoms in total. The number of H-pyrrole nitrogens is 1. The summed E-state index contributed by atoms with van der Waals surface area (Å²) in [6, 6.07) is 0. The smallest absolute Gasteiger partial charge is 0.411 e. The highest BCUT2D eigenvalue weighted by Crippen LogP contribution is 2.17. The number of anilines is 3. The van der Waals surface area contributed by atoms with Gasteiger partial charge in [-0.25, -0.2) is 4.79 Å². The second-order valence-electron chi connectivity index (χ2n) is 2.92. The topological polar surface area (TPSA) is 119 Å². The van der Waals surface area contributed by atoms with Gasteiger partial charge in [0.2, 0.25) is 5.95 Å². The SMILES string of the molecule is O=C(O)Nc1nc2c(c(=O)[nH]1)NCCN2. The van der Waals surface area contributed by atoms with Gasteiger partial charge in [0.1, 0.15) is 5.69 Å². The standard InChI is InChI=1S/C7H9N5O3/c13-5-3-4(9-2-1-8-3)10-6(11-5)12-7(14)15/h8H,1-2H2,(H,14,15)(H3,9,10,11,12,13). The number of fused-ring (bicyclic) bond motifs is 1. The molecule has 0 aromatic carbocycles. The lowest BCUT2D eigenvalue weighted by Gasteiger charge is -2.17. The van der Waals surface area contributed by atoms with E-state index in [1.54, 1.807) is 0 Å². The number of aromatic amines is 1. The van der Waals surface area contributed by atoms with E-state index in [4.69, 9.17) is 5.11 Å². The van der Waals surface area contributed by atoms with Crippen molar-refractivity contribution in [2.45, 2.75) is 0 Å². The molecule has 15 heavy (non-hydrogen) atoms. The molecule has 0 saturated carbocycles. The number of aromatic nitrogens is 2. The molecule has 1 amide bonds. The van der Waals surface area contributed by atoms with Crippen LogP contribution in [0.5, 0.6) is 0 Å². The average Bonchev–Trinajstić information content (AvgIpc) is 2.16. The lowest BCUT2D eigenvalue weighted by molar-refractivity contribution is 0.209. The third kappa shape index (κ3) is 1.82. The summed E-state index contributed by atoms with van der Waals surface area (Å²) in [5.74, 6) is 0.260. The van der Waals surface area contributed by atoms with Crippen molar-refractivity contribution in [2.75, 3.05) is 29.0 Å². The molecule has 0 radical (unpaired) electrons. The van der Waals surface area contributed by atoms with Gasteiger partial charge < -0.3 is 15.7 Å². The van der Waals surface area contributed by atoms with E-state index in [1.807, 2.05) is 5.32 Å². The molecule has 8 heteroatoms. The van der Waals surface area contributed by atoms with Crippen LogP contribution in [-0.2, 0) is 0 Å². The van der Waals surface area contributed by atoms with E-state index in [0.717, 1.165) is 0 Å². The molecule has 80 valence electrons. The molecule has 5 N–H and O–H groups in total. The molecule has 0 bridgehead atoms. The molecule has 0 unspecified atom stereocenters. The zero-order chi connectivity index (χ0) is 10.8. The number of carbonyl (C=O) groups is 1. The van der Waals surface area contributed by atoms with Gasteiger partial charge in [-0.2, -0.15) is 4.98 Å². The number of nitrogens with zero attached hydrogens (tertiary/aromatic N) is 1. The molecule has 2 rings (SSSR count). The maximum absolute atomic E-state index is 11.4. The molecule has 1 aromatic rings. The van der Waals surface area contributed by atoms with E-state index in [0.29, 0.717) is 24.6 Å². The Morgan fingerprint density at radius 2 is 2.13 bits per heavy atom.